The molecule has 1 aromatic rings. The largest absolute Gasteiger partial charge is 0.476 e. The molecule has 1 N–H and O–H groups in total. The SMILES string of the molecule is CCc1sc(CN(C)C)nc1C(=O)O. The molecule has 0 aliphatic heterocycles. The average Bonchev–Trinajstić information content (AvgIpc) is 2.46. The van der Waals surface area contributed by atoms with Crippen LogP contribution in [0.5, 0.6) is 0 Å². The summed E-state index contributed by atoms with van der Waals surface area (Å²) in [6.07, 6.45) is 0.729. The summed E-state index contributed by atoms with van der Waals surface area (Å²) in [5.41, 5.74) is 0.217. The fourth-order valence-corrected chi connectivity index (χ4v) is 2.26. The van der Waals surface area contributed by atoms with Gasteiger partial charge in [0, 0.05) is 11.4 Å². The Morgan fingerprint density at radius 2 is 2.21 bits per heavy atom. The van der Waals surface area contributed by atoms with Crippen molar-refractivity contribution in [2.24, 2.45) is 0 Å². The van der Waals surface area contributed by atoms with Crippen LogP contribution in [0, 0.1) is 0 Å². The Balaban J connectivity index is 2.94. The van der Waals surface area contributed by atoms with E-state index in [1.165, 1.54) is 11.3 Å². The second-order valence-electron chi connectivity index (χ2n) is 3.28. The van der Waals surface area contributed by atoms with E-state index in [1.54, 1.807) is 0 Å². The molecule has 0 aromatic carbocycles. The van der Waals surface area contributed by atoms with Gasteiger partial charge < -0.3 is 10.0 Å². The molecule has 0 saturated heterocycles. The minimum Gasteiger partial charge on any atom is -0.476 e. The van der Waals surface area contributed by atoms with Gasteiger partial charge in [-0.15, -0.1) is 11.3 Å². The van der Waals surface area contributed by atoms with Gasteiger partial charge in [-0.2, -0.15) is 0 Å². The lowest BCUT2D eigenvalue weighted by Crippen LogP contribution is -2.10. The Morgan fingerprint density at radius 3 is 2.57 bits per heavy atom. The Bertz CT molecular complexity index is 334. The van der Waals surface area contributed by atoms with Crippen LogP contribution >= 0.6 is 11.3 Å². The van der Waals surface area contributed by atoms with E-state index in [9.17, 15) is 4.79 Å². The first kappa shape index (κ1) is 11.1. The van der Waals surface area contributed by atoms with E-state index in [-0.39, 0.29) is 5.69 Å². The van der Waals surface area contributed by atoms with Crippen LogP contribution < -0.4 is 0 Å². The highest BCUT2D eigenvalue weighted by molar-refractivity contribution is 7.11. The van der Waals surface area contributed by atoms with Gasteiger partial charge in [0.1, 0.15) is 5.01 Å². The molecule has 0 bridgehead atoms. The van der Waals surface area contributed by atoms with Crippen molar-refractivity contribution < 1.29 is 9.90 Å². The maximum atomic E-state index is 10.8. The normalized spacial score (nSPS) is 10.9. The van der Waals surface area contributed by atoms with Crippen molar-refractivity contribution in [2.45, 2.75) is 19.9 Å². The fraction of sp³-hybridized carbons (Fsp3) is 0.556. The lowest BCUT2D eigenvalue weighted by atomic mass is 10.3. The molecule has 0 radical (unpaired) electrons. The van der Waals surface area contributed by atoms with Crippen molar-refractivity contribution in [3.05, 3.63) is 15.6 Å². The van der Waals surface area contributed by atoms with Crippen LogP contribution in [0.3, 0.4) is 0 Å². The number of carboxylic acids is 1. The smallest absolute Gasteiger partial charge is 0.355 e. The Kier molecular flexibility index (Phi) is 3.60. The molecule has 5 heteroatoms. The Morgan fingerprint density at radius 1 is 1.57 bits per heavy atom. The molecule has 0 saturated carbocycles. The van der Waals surface area contributed by atoms with Crippen molar-refractivity contribution in [3.8, 4) is 0 Å². The Labute approximate surface area is 87.2 Å². The van der Waals surface area contributed by atoms with Crippen molar-refractivity contribution in [2.75, 3.05) is 14.1 Å². The number of carboxylic acid groups (broad SMARTS) is 1. The molecule has 0 spiro atoms. The number of hydrogen-bond acceptors (Lipinski definition) is 4. The molecule has 0 aliphatic carbocycles. The first-order valence-electron chi connectivity index (χ1n) is 4.41. The summed E-state index contributed by atoms with van der Waals surface area (Å²) in [5.74, 6) is -0.928. The highest BCUT2D eigenvalue weighted by Gasteiger charge is 2.15. The highest BCUT2D eigenvalue weighted by atomic mass is 32.1. The van der Waals surface area contributed by atoms with E-state index in [0.29, 0.717) is 6.54 Å². The number of thiazole rings is 1. The molecule has 0 fully saturated rings. The van der Waals surface area contributed by atoms with Gasteiger partial charge in [-0.05, 0) is 20.5 Å². The van der Waals surface area contributed by atoms with E-state index < -0.39 is 5.97 Å². The van der Waals surface area contributed by atoms with Crippen LogP contribution in [0.1, 0.15) is 27.3 Å². The summed E-state index contributed by atoms with van der Waals surface area (Å²) in [6, 6.07) is 0. The second-order valence-corrected chi connectivity index (χ2v) is 4.44. The number of nitrogens with zero attached hydrogens (tertiary/aromatic N) is 2. The second kappa shape index (κ2) is 4.52. The zero-order valence-electron chi connectivity index (χ0n) is 8.57. The number of aromatic carboxylic acids is 1. The van der Waals surface area contributed by atoms with E-state index in [4.69, 9.17) is 5.11 Å². The quantitative estimate of drug-likeness (QED) is 0.824. The molecule has 0 atom stereocenters. The topological polar surface area (TPSA) is 53.4 Å². The monoisotopic (exact) mass is 214 g/mol. The van der Waals surface area contributed by atoms with E-state index in [2.05, 4.69) is 4.98 Å². The van der Waals surface area contributed by atoms with Crippen LogP contribution in [0.15, 0.2) is 0 Å². The van der Waals surface area contributed by atoms with Crippen molar-refractivity contribution >= 4 is 17.3 Å². The molecule has 14 heavy (non-hydrogen) atoms. The Hall–Kier alpha value is -0.940. The van der Waals surface area contributed by atoms with E-state index in [0.717, 1.165) is 16.3 Å². The third-order valence-corrected chi connectivity index (χ3v) is 2.90. The summed E-state index contributed by atoms with van der Waals surface area (Å²) in [6.45, 7) is 2.64. The molecular formula is C9H14N2O2S. The van der Waals surface area contributed by atoms with Gasteiger partial charge in [0.05, 0.1) is 0 Å². The zero-order valence-corrected chi connectivity index (χ0v) is 9.39. The minimum atomic E-state index is -0.928. The highest BCUT2D eigenvalue weighted by Crippen LogP contribution is 2.20. The van der Waals surface area contributed by atoms with Crippen LogP contribution in [-0.4, -0.2) is 35.1 Å². The molecule has 78 valence electrons. The number of hydrogen-bond donors (Lipinski definition) is 1. The van der Waals surface area contributed by atoms with Crippen LogP contribution in [0.4, 0.5) is 0 Å². The molecule has 0 unspecified atom stereocenters. The molecule has 0 amide bonds. The third kappa shape index (κ3) is 2.52. The molecule has 0 aliphatic rings. The van der Waals surface area contributed by atoms with Gasteiger partial charge in [-0.3, -0.25) is 0 Å². The zero-order chi connectivity index (χ0) is 10.7. The number of aryl methyl sites for hydroxylation is 1. The molecular weight excluding hydrogens is 200 g/mol. The maximum Gasteiger partial charge on any atom is 0.355 e. The predicted octanol–water partition coefficient (Wildman–Crippen LogP) is 1.47. The van der Waals surface area contributed by atoms with Gasteiger partial charge in [0.15, 0.2) is 5.69 Å². The first-order valence-corrected chi connectivity index (χ1v) is 5.22. The van der Waals surface area contributed by atoms with Crippen LogP contribution in [0.25, 0.3) is 0 Å². The molecule has 1 rings (SSSR count). The average molecular weight is 214 g/mol. The lowest BCUT2D eigenvalue weighted by Gasteiger charge is -2.04. The van der Waals surface area contributed by atoms with Gasteiger partial charge in [0.25, 0.3) is 0 Å². The van der Waals surface area contributed by atoms with Crippen molar-refractivity contribution in [1.82, 2.24) is 9.88 Å². The summed E-state index contributed by atoms with van der Waals surface area (Å²) in [7, 11) is 3.88. The molecule has 1 aromatic heterocycles. The summed E-state index contributed by atoms with van der Waals surface area (Å²) < 4.78 is 0. The minimum absolute atomic E-state index is 0.217. The van der Waals surface area contributed by atoms with Gasteiger partial charge >= 0.3 is 5.97 Å². The number of carbonyl (C=O) groups is 1. The van der Waals surface area contributed by atoms with E-state index >= 15 is 0 Å². The van der Waals surface area contributed by atoms with Gasteiger partial charge in [-0.25, -0.2) is 9.78 Å². The lowest BCUT2D eigenvalue weighted by molar-refractivity contribution is 0.0690. The van der Waals surface area contributed by atoms with Crippen molar-refractivity contribution in [1.29, 1.82) is 0 Å². The maximum absolute atomic E-state index is 10.8. The van der Waals surface area contributed by atoms with Crippen molar-refractivity contribution in [3.63, 3.8) is 0 Å². The summed E-state index contributed by atoms with van der Waals surface area (Å²) in [5, 5.41) is 9.74. The van der Waals surface area contributed by atoms with Crippen LogP contribution in [0.2, 0.25) is 0 Å². The van der Waals surface area contributed by atoms with Crippen LogP contribution in [-0.2, 0) is 13.0 Å². The summed E-state index contributed by atoms with van der Waals surface area (Å²) in [4.78, 5) is 17.7. The third-order valence-electron chi connectivity index (χ3n) is 1.72. The van der Waals surface area contributed by atoms with E-state index in [1.807, 2.05) is 25.9 Å². The standard InChI is InChI=1S/C9H14N2O2S/c1-4-6-8(9(12)13)10-7(14-6)5-11(2)3/h4-5H2,1-3H3,(H,12,13). The first-order chi connectivity index (χ1) is 6.54. The number of aromatic nitrogens is 1. The fourth-order valence-electron chi connectivity index (χ4n) is 1.15. The molecule has 1 heterocycles. The predicted molar refractivity (Wildman–Crippen MR) is 55.8 cm³/mol. The van der Waals surface area contributed by atoms with Gasteiger partial charge in [0.2, 0.25) is 0 Å². The summed E-state index contributed by atoms with van der Waals surface area (Å²) >= 11 is 1.48. The number of rotatable bonds is 4. The molecule has 4 nitrogen and oxygen atoms in total. The van der Waals surface area contributed by atoms with Gasteiger partial charge in [-0.1, -0.05) is 6.92 Å².